The minimum Gasteiger partial charge on any atom is -0.478 e. The van der Waals surface area contributed by atoms with Crippen molar-refractivity contribution in [2.24, 2.45) is 0 Å². The smallest absolute Gasteiger partial charge is 0.335 e. The van der Waals surface area contributed by atoms with Crippen LogP contribution in [0, 0.1) is 29.6 Å². The lowest BCUT2D eigenvalue weighted by atomic mass is 10.1. The molecule has 21 heavy (non-hydrogen) atoms. The van der Waals surface area contributed by atoms with E-state index in [2.05, 4.69) is 15.9 Å². The van der Waals surface area contributed by atoms with Crippen LogP contribution in [0.25, 0.3) is 0 Å². The van der Waals surface area contributed by atoms with Crippen molar-refractivity contribution in [2.75, 3.05) is 13.1 Å². The van der Waals surface area contributed by atoms with Gasteiger partial charge in [0.25, 0.3) is 0 Å². The molecule has 7 nitrogen and oxygen atoms in total. The van der Waals surface area contributed by atoms with Crippen LogP contribution < -0.4 is 0 Å². The van der Waals surface area contributed by atoms with E-state index in [-0.39, 0.29) is 10.5 Å². The highest BCUT2D eigenvalue weighted by Crippen LogP contribution is 2.28. The number of aromatic carboxylic acids is 1. The maximum atomic E-state index is 12.5. The van der Waals surface area contributed by atoms with E-state index in [0.29, 0.717) is 14.3 Å². The number of carbonyl (C=O) groups is 1. The van der Waals surface area contributed by atoms with Crippen molar-refractivity contribution < 1.29 is 18.3 Å². The maximum absolute atomic E-state index is 12.5. The Labute approximate surface area is 130 Å². The Morgan fingerprint density at radius 3 is 2.29 bits per heavy atom. The van der Waals surface area contributed by atoms with Gasteiger partial charge in [-0.2, -0.15) is 14.8 Å². The van der Waals surface area contributed by atoms with E-state index in [4.69, 9.17) is 15.6 Å². The molecule has 0 amide bonds. The zero-order valence-corrected chi connectivity index (χ0v) is 13.3. The van der Waals surface area contributed by atoms with E-state index in [1.54, 1.807) is 12.1 Å². The van der Waals surface area contributed by atoms with Crippen LogP contribution in [0.4, 0.5) is 0 Å². The van der Waals surface area contributed by atoms with E-state index < -0.39 is 29.1 Å². The van der Waals surface area contributed by atoms with Crippen LogP contribution in [-0.4, -0.2) is 36.9 Å². The molecule has 0 aliphatic carbocycles. The van der Waals surface area contributed by atoms with Gasteiger partial charge in [0.1, 0.15) is 13.1 Å². The monoisotopic (exact) mass is 371 g/mol. The second-order valence-electron chi connectivity index (χ2n) is 3.98. The van der Waals surface area contributed by atoms with Gasteiger partial charge in [0, 0.05) is 4.47 Å². The molecule has 1 aromatic carbocycles. The van der Waals surface area contributed by atoms with E-state index in [0.717, 1.165) is 6.07 Å². The van der Waals surface area contributed by atoms with Gasteiger partial charge in [-0.25, -0.2) is 13.2 Å². The first-order valence-electron chi connectivity index (χ1n) is 5.53. The summed E-state index contributed by atoms with van der Waals surface area (Å²) in [7, 11) is -4.14. The Bertz CT molecular complexity index is 746. The fourth-order valence-electron chi connectivity index (χ4n) is 1.57. The summed E-state index contributed by atoms with van der Waals surface area (Å²) in [6.07, 6.45) is 0. The van der Waals surface area contributed by atoms with E-state index >= 15 is 0 Å². The van der Waals surface area contributed by atoms with Crippen LogP contribution in [0.2, 0.25) is 0 Å². The first kappa shape index (κ1) is 17.1. The Kier molecular flexibility index (Phi) is 5.44. The van der Waals surface area contributed by atoms with Gasteiger partial charge in [-0.05, 0) is 24.6 Å². The predicted octanol–water partition coefficient (Wildman–Crippen LogP) is 1.49. The predicted molar refractivity (Wildman–Crippen MR) is 75.8 cm³/mol. The number of nitrogens with zero attached hydrogens (tertiary/aromatic N) is 3. The number of carboxylic acids is 1. The number of hydrogen-bond donors (Lipinski definition) is 1. The first-order valence-corrected chi connectivity index (χ1v) is 7.76. The summed E-state index contributed by atoms with van der Waals surface area (Å²) in [5.41, 5.74) is 0.0980. The van der Waals surface area contributed by atoms with Crippen LogP contribution in [0.3, 0.4) is 0 Å². The molecule has 1 N–H and O–H groups in total. The summed E-state index contributed by atoms with van der Waals surface area (Å²) in [6, 6.07) is 5.64. The zero-order chi connectivity index (χ0) is 16.2. The molecule has 0 spiro atoms. The normalized spacial score (nSPS) is 10.9. The highest BCUT2D eigenvalue weighted by atomic mass is 79.9. The highest BCUT2D eigenvalue weighted by molar-refractivity contribution is 9.10. The number of nitriles is 2. The first-order chi connectivity index (χ1) is 9.75. The Hall–Kier alpha value is -1.94. The number of carboxylic acid groups (broad SMARTS) is 1. The Morgan fingerprint density at radius 2 is 1.86 bits per heavy atom. The van der Waals surface area contributed by atoms with E-state index in [1.807, 2.05) is 0 Å². The van der Waals surface area contributed by atoms with Gasteiger partial charge in [0.15, 0.2) is 0 Å². The molecule has 0 heterocycles. The molecule has 0 saturated heterocycles. The molecular formula is C12H10BrN3O4S. The Morgan fingerprint density at radius 1 is 1.33 bits per heavy atom. The van der Waals surface area contributed by atoms with Crippen LogP contribution in [0.5, 0.6) is 0 Å². The molecule has 0 bridgehead atoms. The number of hydrogen-bond acceptors (Lipinski definition) is 5. The molecule has 0 atom stereocenters. The van der Waals surface area contributed by atoms with Crippen molar-refractivity contribution >= 4 is 31.9 Å². The van der Waals surface area contributed by atoms with Gasteiger partial charge < -0.3 is 5.11 Å². The maximum Gasteiger partial charge on any atom is 0.335 e. The molecule has 0 aliphatic heterocycles. The summed E-state index contributed by atoms with van der Waals surface area (Å²) in [5.74, 6) is -1.28. The van der Waals surface area contributed by atoms with Crippen LogP contribution in [0.15, 0.2) is 21.5 Å². The minimum atomic E-state index is -4.14. The second kappa shape index (κ2) is 6.68. The van der Waals surface area contributed by atoms with Crippen LogP contribution >= 0.6 is 15.9 Å². The quantitative estimate of drug-likeness (QED) is 0.782. The van der Waals surface area contributed by atoms with Crippen LogP contribution in [-0.2, 0) is 10.0 Å². The Balaban J connectivity index is 3.54. The van der Waals surface area contributed by atoms with Crippen molar-refractivity contribution in [3.8, 4) is 12.1 Å². The molecule has 110 valence electrons. The number of benzene rings is 1. The van der Waals surface area contributed by atoms with Crippen molar-refractivity contribution in [2.45, 2.75) is 11.8 Å². The third-order valence-corrected chi connectivity index (χ3v) is 5.40. The minimum absolute atomic E-state index is 0.208. The van der Waals surface area contributed by atoms with Gasteiger partial charge in [-0.15, -0.1) is 0 Å². The van der Waals surface area contributed by atoms with Gasteiger partial charge in [0.2, 0.25) is 10.0 Å². The lowest BCUT2D eigenvalue weighted by molar-refractivity contribution is 0.0696. The average Bonchev–Trinajstić information content (AvgIpc) is 2.40. The topological polar surface area (TPSA) is 122 Å². The molecule has 0 aliphatic rings. The second-order valence-corrected chi connectivity index (χ2v) is 6.74. The summed E-state index contributed by atoms with van der Waals surface area (Å²) in [5, 5.41) is 26.3. The third kappa shape index (κ3) is 3.58. The largest absolute Gasteiger partial charge is 0.478 e. The lowest BCUT2D eigenvalue weighted by Crippen LogP contribution is -2.32. The third-order valence-electron chi connectivity index (χ3n) is 2.66. The molecule has 9 heteroatoms. The summed E-state index contributed by atoms with van der Waals surface area (Å²) < 4.78 is 25.9. The molecule has 1 rings (SSSR count). The van der Waals surface area contributed by atoms with Gasteiger partial charge >= 0.3 is 5.97 Å². The number of rotatable bonds is 5. The fourth-order valence-corrected chi connectivity index (χ4v) is 3.67. The van der Waals surface area contributed by atoms with E-state index in [1.165, 1.54) is 13.0 Å². The summed E-state index contributed by atoms with van der Waals surface area (Å²) >= 11 is 3.11. The average molecular weight is 372 g/mol. The SMILES string of the molecule is Cc1c(Br)cc(C(=O)O)cc1S(=O)(=O)N(CC#N)CC#N. The fraction of sp³-hybridized carbons (Fsp3) is 0.250. The molecule has 1 aromatic rings. The van der Waals surface area contributed by atoms with Crippen LogP contribution in [0.1, 0.15) is 15.9 Å². The molecule has 0 radical (unpaired) electrons. The molecule has 0 aromatic heterocycles. The van der Waals surface area contributed by atoms with Gasteiger partial charge in [-0.1, -0.05) is 15.9 Å². The van der Waals surface area contributed by atoms with E-state index in [9.17, 15) is 13.2 Å². The number of halogens is 1. The zero-order valence-electron chi connectivity index (χ0n) is 10.9. The molecule has 0 saturated carbocycles. The summed E-state index contributed by atoms with van der Waals surface area (Å²) in [6.45, 7) is 0.508. The molecule has 0 unspecified atom stereocenters. The van der Waals surface area contributed by atoms with Crippen molar-refractivity contribution in [3.63, 3.8) is 0 Å². The molecular weight excluding hydrogens is 362 g/mol. The lowest BCUT2D eigenvalue weighted by Gasteiger charge is -2.18. The summed E-state index contributed by atoms with van der Waals surface area (Å²) in [4.78, 5) is 10.8. The van der Waals surface area contributed by atoms with Crippen molar-refractivity contribution in [1.82, 2.24) is 4.31 Å². The van der Waals surface area contributed by atoms with Gasteiger partial charge in [0.05, 0.1) is 22.6 Å². The molecule has 0 fully saturated rings. The van der Waals surface area contributed by atoms with Crippen molar-refractivity contribution in [3.05, 3.63) is 27.7 Å². The van der Waals surface area contributed by atoms with Gasteiger partial charge in [-0.3, -0.25) is 0 Å². The standard InChI is InChI=1S/C12H10BrN3O4S/c1-8-10(13)6-9(12(17)18)7-11(8)21(19,20)16(4-2-14)5-3-15/h6-7H,4-5H2,1H3,(H,17,18). The highest BCUT2D eigenvalue weighted by Gasteiger charge is 2.28. The number of sulfonamides is 1. The van der Waals surface area contributed by atoms with Crippen molar-refractivity contribution in [1.29, 1.82) is 10.5 Å².